The van der Waals surface area contributed by atoms with Gasteiger partial charge in [0.1, 0.15) is 0 Å². The monoisotopic (exact) mass is 370 g/mol. The lowest BCUT2D eigenvalue weighted by molar-refractivity contribution is 0.345. The van der Waals surface area contributed by atoms with Crippen molar-refractivity contribution in [2.75, 3.05) is 0 Å². The topological polar surface area (TPSA) is 47.6 Å². The van der Waals surface area contributed by atoms with Gasteiger partial charge in [0.15, 0.2) is 0 Å². The third-order valence-electron chi connectivity index (χ3n) is 6.39. The number of rotatable bonds is 4. The Hall–Kier alpha value is -2.58. The first-order chi connectivity index (χ1) is 13.4. The summed E-state index contributed by atoms with van der Waals surface area (Å²) in [6.45, 7) is 8.54. The summed E-state index contributed by atoms with van der Waals surface area (Å²) in [5.74, 6) is 0.669. The van der Waals surface area contributed by atoms with E-state index < -0.39 is 0 Å². The maximum atomic E-state index is 9.80. The van der Waals surface area contributed by atoms with Crippen molar-refractivity contribution in [3.63, 3.8) is 0 Å². The fraction of sp³-hybridized carbons (Fsp3) is 0.462. The highest BCUT2D eigenvalue weighted by molar-refractivity contribution is 5.56. The van der Waals surface area contributed by atoms with Gasteiger partial charge in [-0.2, -0.15) is 10.5 Å². The summed E-state index contributed by atoms with van der Waals surface area (Å²) in [6, 6.07) is 17.9. The zero-order valence-electron chi connectivity index (χ0n) is 17.5. The molecule has 0 aliphatic heterocycles. The zero-order chi connectivity index (χ0) is 20.3. The number of benzene rings is 2. The van der Waals surface area contributed by atoms with Crippen molar-refractivity contribution in [1.82, 2.24) is 0 Å². The van der Waals surface area contributed by atoms with Crippen molar-refractivity contribution in [3.8, 4) is 12.1 Å². The Bertz CT molecular complexity index is 879. The largest absolute Gasteiger partial charge is 0.192 e. The Balaban J connectivity index is 2.20. The SMILES string of the molecule is CC(C)c1ccc(C2(c3cc(C#N)c(C(C)C)c(C#N)c3)CCCCC2)cc1. The van der Waals surface area contributed by atoms with Crippen molar-refractivity contribution < 1.29 is 0 Å². The van der Waals surface area contributed by atoms with Gasteiger partial charge < -0.3 is 0 Å². The quantitative estimate of drug-likeness (QED) is 0.586. The fourth-order valence-corrected chi connectivity index (χ4v) is 4.82. The number of nitriles is 2. The van der Waals surface area contributed by atoms with Gasteiger partial charge in [0.25, 0.3) is 0 Å². The highest BCUT2D eigenvalue weighted by atomic mass is 14.4. The molecule has 0 atom stereocenters. The minimum atomic E-state index is -0.0968. The van der Waals surface area contributed by atoms with Gasteiger partial charge >= 0.3 is 0 Å². The van der Waals surface area contributed by atoms with Crippen LogP contribution in [0.1, 0.15) is 105 Å². The van der Waals surface area contributed by atoms with E-state index in [0.717, 1.165) is 24.0 Å². The maximum Gasteiger partial charge on any atom is 0.0995 e. The number of hydrogen-bond acceptors (Lipinski definition) is 2. The minimum Gasteiger partial charge on any atom is -0.192 e. The molecule has 0 saturated heterocycles. The molecule has 2 aromatic rings. The molecule has 0 heterocycles. The molecule has 2 heteroatoms. The van der Waals surface area contributed by atoms with Gasteiger partial charge in [-0.25, -0.2) is 0 Å². The minimum absolute atomic E-state index is 0.0968. The second-order valence-electron chi connectivity index (χ2n) is 8.78. The van der Waals surface area contributed by atoms with Crippen LogP contribution in [0.5, 0.6) is 0 Å². The molecule has 2 aromatic carbocycles. The molecular formula is C26H30N2. The maximum absolute atomic E-state index is 9.80. The summed E-state index contributed by atoms with van der Waals surface area (Å²) in [5, 5.41) is 19.6. The lowest BCUT2D eigenvalue weighted by Gasteiger charge is -2.39. The van der Waals surface area contributed by atoms with Crippen LogP contribution in [-0.2, 0) is 5.41 Å². The normalized spacial score (nSPS) is 16.0. The van der Waals surface area contributed by atoms with Gasteiger partial charge in [-0.1, -0.05) is 71.2 Å². The molecule has 0 amide bonds. The molecule has 2 nitrogen and oxygen atoms in total. The summed E-state index contributed by atoms with van der Waals surface area (Å²) < 4.78 is 0. The molecule has 28 heavy (non-hydrogen) atoms. The molecule has 0 N–H and O–H groups in total. The van der Waals surface area contributed by atoms with E-state index in [1.54, 1.807) is 0 Å². The smallest absolute Gasteiger partial charge is 0.0995 e. The summed E-state index contributed by atoms with van der Waals surface area (Å²) in [5.41, 5.74) is 5.92. The first kappa shape index (κ1) is 20.2. The number of hydrogen-bond donors (Lipinski definition) is 0. The van der Waals surface area contributed by atoms with Crippen LogP contribution in [0.3, 0.4) is 0 Å². The molecule has 0 aromatic heterocycles. The van der Waals surface area contributed by atoms with Crippen molar-refractivity contribution in [1.29, 1.82) is 10.5 Å². The Kier molecular flexibility index (Phi) is 5.90. The summed E-state index contributed by atoms with van der Waals surface area (Å²) in [7, 11) is 0. The van der Waals surface area contributed by atoms with E-state index in [9.17, 15) is 10.5 Å². The molecule has 3 rings (SSSR count). The van der Waals surface area contributed by atoms with E-state index in [1.807, 2.05) is 0 Å². The molecule has 0 radical (unpaired) electrons. The predicted molar refractivity (Wildman–Crippen MR) is 114 cm³/mol. The zero-order valence-corrected chi connectivity index (χ0v) is 17.5. The van der Waals surface area contributed by atoms with Gasteiger partial charge in [-0.3, -0.25) is 0 Å². The third-order valence-corrected chi connectivity index (χ3v) is 6.39. The summed E-state index contributed by atoms with van der Waals surface area (Å²) in [6.07, 6.45) is 5.77. The average molecular weight is 371 g/mol. The first-order valence-electron chi connectivity index (χ1n) is 10.5. The van der Waals surface area contributed by atoms with E-state index in [2.05, 4.69) is 76.2 Å². The van der Waals surface area contributed by atoms with E-state index in [-0.39, 0.29) is 11.3 Å². The van der Waals surface area contributed by atoms with Gasteiger partial charge in [0, 0.05) is 5.41 Å². The van der Waals surface area contributed by atoms with Crippen LogP contribution in [0.15, 0.2) is 36.4 Å². The molecule has 0 spiro atoms. The van der Waals surface area contributed by atoms with Gasteiger partial charge in [-0.15, -0.1) is 0 Å². The molecule has 1 aliphatic carbocycles. The van der Waals surface area contributed by atoms with Crippen LogP contribution >= 0.6 is 0 Å². The standard InChI is InChI=1S/C26H30N2/c1-18(2)20-8-10-23(11-9-20)26(12-6-5-7-13-26)24-14-21(16-27)25(19(3)4)22(15-24)17-28/h8-11,14-15,18-19H,5-7,12-13H2,1-4H3. The Morgan fingerprint density at radius 2 is 1.29 bits per heavy atom. The molecule has 1 fully saturated rings. The third kappa shape index (κ3) is 3.57. The van der Waals surface area contributed by atoms with Crippen LogP contribution in [-0.4, -0.2) is 0 Å². The van der Waals surface area contributed by atoms with E-state index >= 15 is 0 Å². The van der Waals surface area contributed by atoms with Crippen LogP contribution in [0.25, 0.3) is 0 Å². The van der Waals surface area contributed by atoms with Crippen LogP contribution in [0, 0.1) is 22.7 Å². The lowest BCUT2D eigenvalue weighted by atomic mass is 9.64. The average Bonchev–Trinajstić information content (AvgIpc) is 2.73. The summed E-state index contributed by atoms with van der Waals surface area (Å²) in [4.78, 5) is 0. The van der Waals surface area contributed by atoms with Crippen LogP contribution in [0.2, 0.25) is 0 Å². The second kappa shape index (κ2) is 8.20. The Morgan fingerprint density at radius 1 is 0.750 bits per heavy atom. The first-order valence-corrected chi connectivity index (χ1v) is 10.5. The van der Waals surface area contributed by atoms with E-state index in [4.69, 9.17) is 0 Å². The summed E-state index contributed by atoms with van der Waals surface area (Å²) >= 11 is 0. The molecule has 0 bridgehead atoms. The van der Waals surface area contributed by atoms with Crippen molar-refractivity contribution in [2.24, 2.45) is 0 Å². The van der Waals surface area contributed by atoms with Gasteiger partial charge in [-0.05, 0) is 59.1 Å². The van der Waals surface area contributed by atoms with E-state index in [1.165, 1.54) is 30.4 Å². The highest BCUT2D eigenvalue weighted by Gasteiger charge is 2.36. The molecule has 1 saturated carbocycles. The van der Waals surface area contributed by atoms with Gasteiger partial charge in [0.2, 0.25) is 0 Å². The Morgan fingerprint density at radius 3 is 1.71 bits per heavy atom. The molecule has 0 unspecified atom stereocenters. The van der Waals surface area contributed by atoms with Gasteiger partial charge in [0.05, 0.1) is 23.3 Å². The fourth-order valence-electron chi connectivity index (χ4n) is 4.82. The molecular weight excluding hydrogens is 340 g/mol. The molecule has 144 valence electrons. The van der Waals surface area contributed by atoms with Crippen molar-refractivity contribution in [2.45, 2.75) is 77.0 Å². The van der Waals surface area contributed by atoms with Crippen LogP contribution in [0.4, 0.5) is 0 Å². The van der Waals surface area contributed by atoms with E-state index in [0.29, 0.717) is 17.0 Å². The van der Waals surface area contributed by atoms with Crippen molar-refractivity contribution in [3.05, 3.63) is 69.8 Å². The number of nitrogens with zero attached hydrogens (tertiary/aromatic N) is 2. The molecule has 1 aliphatic rings. The van der Waals surface area contributed by atoms with Crippen LogP contribution < -0.4 is 0 Å². The second-order valence-corrected chi connectivity index (χ2v) is 8.78. The highest BCUT2D eigenvalue weighted by Crippen LogP contribution is 2.46. The lowest BCUT2D eigenvalue weighted by Crippen LogP contribution is -2.31. The van der Waals surface area contributed by atoms with Crippen molar-refractivity contribution >= 4 is 0 Å². The predicted octanol–water partition coefficient (Wildman–Crippen LogP) is 6.93. The Labute approximate surface area is 169 Å².